The number of carbonyl (C=O) groups excluding carboxylic acids is 3. The van der Waals surface area contributed by atoms with Crippen molar-refractivity contribution < 1.29 is 28.6 Å². The van der Waals surface area contributed by atoms with Crippen molar-refractivity contribution in [2.45, 2.75) is 399 Å². The summed E-state index contributed by atoms with van der Waals surface area (Å²) in [6.45, 7) is 6.60. The summed E-state index contributed by atoms with van der Waals surface area (Å²) in [5.74, 6) is -0.847. The molecule has 0 bridgehead atoms. The number of esters is 3. The summed E-state index contributed by atoms with van der Waals surface area (Å²) in [7, 11) is 0. The van der Waals surface area contributed by atoms with Gasteiger partial charge in [-0.25, -0.2) is 0 Å². The minimum Gasteiger partial charge on any atom is -0.462 e. The molecule has 0 amide bonds. The highest BCUT2D eigenvalue weighted by Gasteiger charge is 2.19. The Labute approximate surface area is 517 Å². The third-order valence-corrected chi connectivity index (χ3v) is 16.5. The number of rotatable bonds is 68. The molecular weight excluding hydrogens is 1020 g/mol. The average molecular weight is 1160 g/mol. The monoisotopic (exact) mass is 1160 g/mol. The Kier molecular flexibility index (Phi) is 69.1. The number of hydrogen-bond acceptors (Lipinski definition) is 6. The Morgan fingerprint density at radius 3 is 0.747 bits per heavy atom. The molecule has 0 N–H and O–H groups in total. The van der Waals surface area contributed by atoms with Crippen LogP contribution in [0, 0.1) is 0 Å². The van der Waals surface area contributed by atoms with E-state index in [2.05, 4.69) is 81.5 Å². The van der Waals surface area contributed by atoms with Crippen molar-refractivity contribution in [1.29, 1.82) is 0 Å². The van der Waals surface area contributed by atoms with Gasteiger partial charge in [0.05, 0.1) is 0 Å². The van der Waals surface area contributed by atoms with Crippen molar-refractivity contribution in [3.05, 3.63) is 60.8 Å². The van der Waals surface area contributed by atoms with Crippen LogP contribution in [0.3, 0.4) is 0 Å². The third kappa shape index (κ3) is 69.8. The zero-order valence-corrected chi connectivity index (χ0v) is 55.7. The molecule has 0 aliphatic rings. The first-order valence-electron chi connectivity index (χ1n) is 36.8. The van der Waals surface area contributed by atoms with Crippen molar-refractivity contribution >= 4 is 17.9 Å². The number of allylic oxidation sites excluding steroid dienone is 10. The first-order chi connectivity index (χ1) is 41.0. The van der Waals surface area contributed by atoms with Crippen LogP contribution in [-0.2, 0) is 28.6 Å². The lowest BCUT2D eigenvalue weighted by Gasteiger charge is -2.18. The molecule has 0 heterocycles. The molecule has 0 aliphatic heterocycles. The molecule has 0 spiro atoms. The lowest BCUT2D eigenvalue weighted by Crippen LogP contribution is -2.30. The van der Waals surface area contributed by atoms with Gasteiger partial charge in [0.2, 0.25) is 0 Å². The minimum absolute atomic E-state index is 0.0709. The zero-order chi connectivity index (χ0) is 59.9. The summed E-state index contributed by atoms with van der Waals surface area (Å²) >= 11 is 0. The van der Waals surface area contributed by atoms with E-state index in [9.17, 15) is 14.4 Å². The molecule has 1 atom stereocenters. The summed E-state index contributed by atoms with van der Waals surface area (Å²) in [6.07, 6.45) is 92.5. The highest BCUT2D eigenvalue weighted by Crippen LogP contribution is 2.18. The Hall–Kier alpha value is -2.89. The van der Waals surface area contributed by atoms with Gasteiger partial charge in [0, 0.05) is 19.3 Å². The van der Waals surface area contributed by atoms with Gasteiger partial charge >= 0.3 is 17.9 Å². The average Bonchev–Trinajstić information content (AvgIpc) is 3.49. The summed E-state index contributed by atoms with van der Waals surface area (Å²) in [5.41, 5.74) is 0. The summed E-state index contributed by atoms with van der Waals surface area (Å²) < 4.78 is 17.0. The standard InChI is InChI=1S/C77H140O6/c1-4-7-10-13-16-19-22-25-28-31-33-35-37-38-40-41-43-46-49-52-55-58-61-64-67-70-76(79)82-73-74(72-81-75(78)69-66-63-60-57-54-51-48-45-30-27-24-21-18-15-12-9-6-3)83-77(80)71-68-65-62-59-56-53-50-47-44-42-39-36-34-32-29-26-23-20-17-14-11-8-5-2/h8,11,17,20,26,29,31,33-34,36,74H,4-7,9-10,12-16,18-19,21-25,27-28,30,32,35,37-73H2,1-3H3/b11-8-,20-17-,29-26-,33-31-,36-34-. The van der Waals surface area contributed by atoms with Crippen LogP contribution in [-0.4, -0.2) is 37.2 Å². The molecule has 0 rings (SSSR count). The molecule has 484 valence electrons. The second-order valence-electron chi connectivity index (χ2n) is 24.8. The molecule has 0 saturated carbocycles. The summed E-state index contributed by atoms with van der Waals surface area (Å²) in [6, 6.07) is 0. The van der Waals surface area contributed by atoms with Crippen LogP contribution in [0.1, 0.15) is 393 Å². The predicted molar refractivity (Wildman–Crippen MR) is 362 cm³/mol. The van der Waals surface area contributed by atoms with E-state index in [0.717, 1.165) is 83.5 Å². The summed E-state index contributed by atoms with van der Waals surface area (Å²) in [5, 5.41) is 0. The van der Waals surface area contributed by atoms with Crippen LogP contribution >= 0.6 is 0 Å². The molecule has 0 aromatic heterocycles. The Morgan fingerprint density at radius 1 is 0.253 bits per heavy atom. The van der Waals surface area contributed by atoms with Gasteiger partial charge in [-0.1, -0.05) is 351 Å². The maximum absolute atomic E-state index is 13.0. The van der Waals surface area contributed by atoms with E-state index in [1.807, 2.05) is 0 Å². The van der Waals surface area contributed by atoms with Crippen molar-refractivity contribution in [2.24, 2.45) is 0 Å². The van der Waals surface area contributed by atoms with E-state index < -0.39 is 6.10 Å². The van der Waals surface area contributed by atoms with Gasteiger partial charge in [-0.3, -0.25) is 14.4 Å². The van der Waals surface area contributed by atoms with Gasteiger partial charge in [-0.05, 0) is 83.5 Å². The van der Waals surface area contributed by atoms with Crippen molar-refractivity contribution in [3.8, 4) is 0 Å². The van der Waals surface area contributed by atoms with Crippen LogP contribution in [0.2, 0.25) is 0 Å². The SMILES string of the molecule is CC/C=C\C/C=C\C/C=C\C/C=C\CCCCCCCCCCCCC(=O)OC(COC(=O)CCCCCCCCCCCCCCC/C=C\CCCCCCCCCC)COC(=O)CCCCCCCCCCCCCCCCCCC. The third-order valence-electron chi connectivity index (χ3n) is 16.5. The van der Waals surface area contributed by atoms with Crippen LogP contribution in [0.25, 0.3) is 0 Å². The molecule has 0 aromatic rings. The molecule has 1 unspecified atom stereocenters. The fourth-order valence-corrected chi connectivity index (χ4v) is 11.0. The van der Waals surface area contributed by atoms with Crippen LogP contribution in [0.15, 0.2) is 60.8 Å². The highest BCUT2D eigenvalue weighted by atomic mass is 16.6. The first kappa shape index (κ1) is 80.1. The van der Waals surface area contributed by atoms with Gasteiger partial charge in [0.1, 0.15) is 13.2 Å². The predicted octanol–water partition coefficient (Wildman–Crippen LogP) is 25.5. The second-order valence-corrected chi connectivity index (χ2v) is 24.8. The van der Waals surface area contributed by atoms with Gasteiger partial charge < -0.3 is 14.2 Å². The normalized spacial score (nSPS) is 12.4. The molecule has 6 heteroatoms. The molecule has 0 aliphatic carbocycles. The highest BCUT2D eigenvalue weighted by molar-refractivity contribution is 5.71. The van der Waals surface area contributed by atoms with Gasteiger partial charge in [0.25, 0.3) is 0 Å². The number of hydrogen-bond donors (Lipinski definition) is 0. The second kappa shape index (κ2) is 71.6. The largest absolute Gasteiger partial charge is 0.462 e. The molecule has 0 radical (unpaired) electrons. The van der Waals surface area contributed by atoms with Crippen LogP contribution < -0.4 is 0 Å². The molecule has 0 aromatic carbocycles. The van der Waals surface area contributed by atoms with Gasteiger partial charge in [-0.2, -0.15) is 0 Å². The molecule has 0 saturated heterocycles. The van der Waals surface area contributed by atoms with Crippen LogP contribution in [0.4, 0.5) is 0 Å². The molecule has 0 fully saturated rings. The number of ether oxygens (including phenoxy) is 3. The summed E-state index contributed by atoms with van der Waals surface area (Å²) in [4.78, 5) is 38.5. The Balaban J connectivity index is 4.31. The van der Waals surface area contributed by atoms with Crippen molar-refractivity contribution in [3.63, 3.8) is 0 Å². The maximum atomic E-state index is 13.0. The zero-order valence-electron chi connectivity index (χ0n) is 55.7. The van der Waals surface area contributed by atoms with E-state index in [1.165, 1.54) is 270 Å². The van der Waals surface area contributed by atoms with Crippen LogP contribution in [0.5, 0.6) is 0 Å². The van der Waals surface area contributed by atoms with Gasteiger partial charge in [-0.15, -0.1) is 0 Å². The Bertz CT molecular complexity index is 1470. The quantitative estimate of drug-likeness (QED) is 0.0261. The molecule has 83 heavy (non-hydrogen) atoms. The lowest BCUT2D eigenvalue weighted by molar-refractivity contribution is -0.167. The minimum atomic E-state index is -0.777. The fraction of sp³-hybridized carbons (Fsp3) is 0.831. The smallest absolute Gasteiger partial charge is 0.306 e. The van der Waals surface area contributed by atoms with Crippen molar-refractivity contribution in [1.82, 2.24) is 0 Å². The van der Waals surface area contributed by atoms with E-state index in [4.69, 9.17) is 14.2 Å². The van der Waals surface area contributed by atoms with E-state index in [0.29, 0.717) is 19.3 Å². The fourth-order valence-electron chi connectivity index (χ4n) is 11.0. The molecule has 6 nitrogen and oxygen atoms in total. The van der Waals surface area contributed by atoms with E-state index in [1.54, 1.807) is 0 Å². The number of unbranched alkanes of at least 4 members (excludes halogenated alkanes) is 47. The van der Waals surface area contributed by atoms with Gasteiger partial charge in [0.15, 0.2) is 6.10 Å². The maximum Gasteiger partial charge on any atom is 0.306 e. The first-order valence-corrected chi connectivity index (χ1v) is 36.8. The topological polar surface area (TPSA) is 78.9 Å². The number of carbonyl (C=O) groups is 3. The van der Waals surface area contributed by atoms with Crippen molar-refractivity contribution in [2.75, 3.05) is 13.2 Å². The Morgan fingerprint density at radius 2 is 0.470 bits per heavy atom. The van der Waals surface area contributed by atoms with E-state index >= 15 is 0 Å². The molecular formula is C77H140O6. The van der Waals surface area contributed by atoms with E-state index in [-0.39, 0.29) is 31.1 Å². The lowest BCUT2D eigenvalue weighted by atomic mass is 10.0.